The molecule has 0 unspecified atom stereocenters. The van der Waals surface area contributed by atoms with Crippen LogP contribution in [0.4, 0.5) is 26.3 Å². The van der Waals surface area contributed by atoms with E-state index in [0.717, 1.165) is 22.9 Å². The van der Waals surface area contributed by atoms with Crippen LogP contribution in [-0.2, 0) is 11.0 Å². The van der Waals surface area contributed by atoms with Crippen molar-refractivity contribution in [1.29, 1.82) is 0 Å². The van der Waals surface area contributed by atoms with Crippen molar-refractivity contribution in [1.82, 2.24) is 4.90 Å². The number of hydrogen-bond acceptors (Lipinski definition) is 4. The number of likely N-dealkylation sites (tertiary alicyclic amines) is 1. The average Bonchev–Trinajstić information content (AvgIpc) is 2.76. The van der Waals surface area contributed by atoms with Crippen LogP contribution in [0.15, 0.2) is 60.7 Å². The summed E-state index contributed by atoms with van der Waals surface area (Å²) >= 11 is 0. The molecule has 3 N–H and O–H groups in total. The highest BCUT2D eigenvalue weighted by Crippen LogP contribution is 2.34. The van der Waals surface area contributed by atoms with Crippen LogP contribution in [0.2, 0.25) is 0 Å². The Bertz CT molecular complexity index is 1220. The molecule has 1 amide bonds. The number of benzene rings is 3. The lowest BCUT2D eigenvalue weighted by Crippen LogP contribution is -2.57. The molecule has 3 aromatic rings. The second kappa shape index (κ2) is 9.82. The molecule has 0 bridgehead atoms. The average molecular weight is 500 g/mol. The first kappa shape index (κ1) is 25.8. The Kier molecular flexibility index (Phi) is 7.25. The summed E-state index contributed by atoms with van der Waals surface area (Å²) in [7, 11) is 0. The number of carboxylic acid groups (broad SMARTS) is 1. The van der Waals surface area contributed by atoms with Gasteiger partial charge in [0.05, 0.1) is 5.56 Å². The summed E-state index contributed by atoms with van der Waals surface area (Å²) in [5, 5.41) is 8.69. The van der Waals surface area contributed by atoms with Gasteiger partial charge in [-0.15, -0.1) is 0 Å². The summed E-state index contributed by atoms with van der Waals surface area (Å²) < 4.78 is 75.6. The third-order valence-corrected chi connectivity index (χ3v) is 4.94. The normalized spacial score (nSPS) is 14.1. The number of aliphatic carboxylic acids is 1. The van der Waals surface area contributed by atoms with E-state index >= 15 is 0 Å². The number of nitrogens with two attached hydrogens (primary N) is 1. The molecule has 0 saturated carbocycles. The standard InChI is InChI=1S/C21H17F3N2O2.C2HF3O2/c22-21(23,24)15-5-7-17(8-6-15)28-19-3-1-2-13-10-14(4-9-18(13)19)20(27)26-11-16(25)12-26;3-2(4,5)1(6)7/h1-10,16H,11-12,25H2;(H,6,7). The Balaban J connectivity index is 0.000000429. The van der Waals surface area contributed by atoms with E-state index in [1.807, 2.05) is 6.07 Å². The summed E-state index contributed by atoms with van der Waals surface area (Å²) in [6.45, 7) is 1.10. The fourth-order valence-corrected chi connectivity index (χ4v) is 3.18. The Hall–Kier alpha value is -3.80. The van der Waals surface area contributed by atoms with Crippen molar-refractivity contribution in [3.63, 3.8) is 0 Å². The van der Waals surface area contributed by atoms with E-state index in [2.05, 4.69) is 0 Å². The number of carbonyl (C=O) groups excluding carboxylic acids is 1. The van der Waals surface area contributed by atoms with E-state index < -0.39 is 23.9 Å². The van der Waals surface area contributed by atoms with Crippen LogP contribution >= 0.6 is 0 Å². The molecule has 0 aliphatic carbocycles. The van der Waals surface area contributed by atoms with E-state index in [1.54, 1.807) is 35.2 Å². The van der Waals surface area contributed by atoms with E-state index in [9.17, 15) is 31.1 Å². The van der Waals surface area contributed by atoms with Crippen LogP contribution in [0.25, 0.3) is 10.8 Å². The van der Waals surface area contributed by atoms with Gasteiger partial charge in [-0.2, -0.15) is 26.3 Å². The Morgan fingerprint density at radius 1 is 0.943 bits per heavy atom. The van der Waals surface area contributed by atoms with Gasteiger partial charge in [-0.1, -0.05) is 12.1 Å². The molecule has 12 heteroatoms. The van der Waals surface area contributed by atoms with Crippen molar-refractivity contribution in [2.75, 3.05) is 13.1 Å². The maximum Gasteiger partial charge on any atom is 0.490 e. The van der Waals surface area contributed by atoms with Crippen LogP contribution in [0, 0.1) is 0 Å². The first-order chi connectivity index (χ1) is 16.3. The molecule has 1 fully saturated rings. The molecule has 1 aliphatic heterocycles. The van der Waals surface area contributed by atoms with Crippen LogP contribution in [-0.4, -0.2) is 47.2 Å². The molecule has 1 aliphatic rings. The Morgan fingerprint density at radius 3 is 2.06 bits per heavy atom. The minimum absolute atomic E-state index is 0.0353. The first-order valence-electron chi connectivity index (χ1n) is 9.98. The number of ether oxygens (including phenoxy) is 1. The maximum atomic E-state index is 12.7. The number of halogens is 6. The highest BCUT2D eigenvalue weighted by Gasteiger charge is 2.38. The molecule has 0 radical (unpaired) electrons. The van der Waals surface area contributed by atoms with Gasteiger partial charge < -0.3 is 20.5 Å². The molecule has 0 spiro atoms. The molecular weight excluding hydrogens is 482 g/mol. The molecule has 4 rings (SSSR count). The van der Waals surface area contributed by atoms with Crippen molar-refractivity contribution in [3.05, 3.63) is 71.8 Å². The number of hydrogen-bond donors (Lipinski definition) is 2. The zero-order valence-electron chi connectivity index (χ0n) is 17.7. The molecule has 0 atom stereocenters. The van der Waals surface area contributed by atoms with Crippen LogP contribution in [0.1, 0.15) is 15.9 Å². The number of rotatable bonds is 3. The smallest absolute Gasteiger partial charge is 0.475 e. The van der Waals surface area contributed by atoms with Gasteiger partial charge >= 0.3 is 18.3 Å². The number of alkyl halides is 6. The topological polar surface area (TPSA) is 92.9 Å². The number of carboxylic acids is 1. The fraction of sp³-hybridized carbons (Fsp3) is 0.217. The van der Waals surface area contributed by atoms with Gasteiger partial charge in [0.2, 0.25) is 0 Å². The highest BCUT2D eigenvalue weighted by molar-refractivity contribution is 6.00. The molecule has 186 valence electrons. The fourth-order valence-electron chi connectivity index (χ4n) is 3.18. The van der Waals surface area contributed by atoms with Crippen molar-refractivity contribution < 1.29 is 45.8 Å². The summed E-state index contributed by atoms with van der Waals surface area (Å²) in [5.74, 6) is -2.03. The van der Waals surface area contributed by atoms with Crippen molar-refractivity contribution in [2.45, 2.75) is 18.4 Å². The second-order valence-electron chi connectivity index (χ2n) is 7.59. The van der Waals surface area contributed by atoms with Gasteiger partial charge in [0.1, 0.15) is 11.5 Å². The quantitative estimate of drug-likeness (QED) is 0.490. The Morgan fingerprint density at radius 2 is 1.54 bits per heavy atom. The van der Waals surface area contributed by atoms with Crippen LogP contribution in [0.3, 0.4) is 0 Å². The van der Waals surface area contributed by atoms with Crippen LogP contribution in [0.5, 0.6) is 11.5 Å². The second-order valence-corrected chi connectivity index (χ2v) is 7.59. The molecule has 1 heterocycles. The van der Waals surface area contributed by atoms with Gasteiger partial charge in [0.15, 0.2) is 0 Å². The third-order valence-electron chi connectivity index (χ3n) is 4.94. The molecule has 0 aromatic heterocycles. The predicted molar refractivity (Wildman–Crippen MR) is 113 cm³/mol. The van der Waals surface area contributed by atoms with Gasteiger partial charge in [-0.25, -0.2) is 4.79 Å². The molecule has 35 heavy (non-hydrogen) atoms. The van der Waals surface area contributed by atoms with Crippen molar-refractivity contribution in [2.24, 2.45) is 5.73 Å². The summed E-state index contributed by atoms with van der Waals surface area (Å²) in [6.07, 6.45) is -9.47. The number of fused-ring (bicyclic) bond motifs is 1. The number of carbonyl (C=O) groups is 2. The summed E-state index contributed by atoms with van der Waals surface area (Å²) in [5.41, 5.74) is 5.56. The number of amides is 1. The van der Waals surface area contributed by atoms with E-state index in [-0.39, 0.29) is 11.9 Å². The van der Waals surface area contributed by atoms with E-state index in [0.29, 0.717) is 30.2 Å². The van der Waals surface area contributed by atoms with Gasteiger partial charge in [-0.3, -0.25) is 4.79 Å². The monoisotopic (exact) mass is 500 g/mol. The zero-order chi connectivity index (χ0) is 26.0. The van der Waals surface area contributed by atoms with E-state index in [4.69, 9.17) is 20.4 Å². The zero-order valence-corrected chi connectivity index (χ0v) is 17.7. The largest absolute Gasteiger partial charge is 0.490 e. The molecule has 1 saturated heterocycles. The molecule has 6 nitrogen and oxygen atoms in total. The van der Waals surface area contributed by atoms with Crippen molar-refractivity contribution >= 4 is 22.6 Å². The minimum Gasteiger partial charge on any atom is -0.475 e. The highest BCUT2D eigenvalue weighted by atomic mass is 19.4. The maximum absolute atomic E-state index is 12.7. The lowest BCUT2D eigenvalue weighted by molar-refractivity contribution is -0.192. The van der Waals surface area contributed by atoms with Gasteiger partial charge in [0.25, 0.3) is 5.91 Å². The van der Waals surface area contributed by atoms with Crippen LogP contribution < -0.4 is 10.5 Å². The predicted octanol–water partition coefficient (Wildman–Crippen LogP) is 5.07. The van der Waals surface area contributed by atoms with E-state index in [1.165, 1.54) is 12.1 Å². The van der Waals surface area contributed by atoms with Gasteiger partial charge in [0, 0.05) is 30.1 Å². The van der Waals surface area contributed by atoms with Crippen molar-refractivity contribution in [3.8, 4) is 11.5 Å². The third kappa shape index (κ3) is 6.41. The Labute approximate surface area is 194 Å². The SMILES string of the molecule is NC1CN(C(=O)c2ccc3c(Oc4ccc(C(F)(F)F)cc4)cccc3c2)C1.O=C(O)C(F)(F)F. The lowest BCUT2D eigenvalue weighted by Gasteiger charge is -2.36. The number of nitrogens with zero attached hydrogens (tertiary/aromatic N) is 1. The lowest BCUT2D eigenvalue weighted by atomic mass is 10.0. The minimum atomic E-state index is -5.08. The van der Waals surface area contributed by atoms with Gasteiger partial charge in [-0.05, 0) is 53.9 Å². The summed E-state index contributed by atoms with van der Waals surface area (Å²) in [4.78, 5) is 23.0. The molecular formula is C23H18F6N2O4. The first-order valence-corrected chi connectivity index (χ1v) is 9.98. The summed E-state index contributed by atoms with van der Waals surface area (Å²) in [6, 6.07) is 15.2. The molecule has 3 aromatic carbocycles.